The van der Waals surface area contributed by atoms with E-state index in [-0.39, 0.29) is 10.4 Å². The first-order valence-electron chi connectivity index (χ1n) is 13.4. The highest BCUT2D eigenvalue weighted by Gasteiger charge is 2.62. The topological polar surface area (TPSA) is 42.5 Å². The molecule has 0 amide bonds. The molecule has 0 saturated carbocycles. The van der Waals surface area contributed by atoms with Gasteiger partial charge in [0.25, 0.3) is 0 Å². The average molecular weight is 503 g/mol. The maximum absolute atomic E-state index is 7.34. The summed E-state index contributed by atoms with van der Waals surface area (Å²) in [7, 11) is -5.22. The van der Waals surface area contributed by atoms with Crippen LogP contribution >= 0.6 is 0 Å². The van der Waals surface area contributed by atoms with E-state index >= 15 is 0 Å². The summed E-state index contributed by atoms with van der Waals surface area (Å²) < 4.78 is 14.4. The molecule has 1 saturated heterocycles. The highest BCUT2D eigenvalue weighted by Crippen LogP contribution is 2.50. The number of hydrogen-bond donors (Lipinski definition) is 2. The summed E-state index contributed by atoms with van der Waals surface area (Å²) in [6, 6.07) is 4.93. The minimum absolute atomic E-state index is 0.0195. The fourth-order valence-corrected chi connectivity index (χ4v) is 16.7. The first-order valence-corrected chi connectivity index (χ1v) is 22.3. The molecule has 0 aliphatic carbocycles. The molecular formula is C25H58N2O2Si3. The van der Waals surface area contributed by atoms with Gasteiger partial charge >= 0.3 is 0 Å². The van der Waals surface area contributed by atoms with E-state index in [1.165, 1.54) is 37.4 Å². The molecule has 0 bridgehead atoms. The Kier molecular flexibility index (Phi) is 11.4. The smallest absolute Gasteiger partial charge is 0.219 e. The fourth-order valence-electron chi connectivity index (χ4n) is 5.08. The maximum atomic E-state index is 7.34. The summed E-state index contributed by atoms with van der Waals surface area (Å²) in [5, 5.41) is 7.16. The molecule has 1 heterocycles. The van der Waals surface area contributed by atoms with E-state index in [1.54, 1.807) is 0 Å². The van der Waals surface area contributed by atoms with Gasteiger partial charge in [0, 0.05) is 17.3 Å². The second kappa shape index (κ2) is 12.0. The van der Waals surface area contributed by atoms with Gasteiger partial charge in [-0.15, -0.1) is 0 Å². The molecule has 0 radical (unpaired) electrons. The van der Waals surface area contributed by atoms with Crippen molar-refractivity contribution in [1.29, 1.82) is 0 Å². The Morgan fingerprint density at radius 1 is 0.969 bits per heavy atom. The Morgan fingerprint density at radius 3 is 1.88 bits per heavy atom. The van der Waals surface area contributed by atoms with Gasteiger partial charge in [0.15, 0.2) is 8.32 Å². The van der Waals surface area contributed by atoms with E-state index in [9.17, 15) is 0 Å². The second-order valence-corrected chi connectivity index (χ2v) is 26.6. The van der Waals surface area contributed by atoms with Crippen molar-refractivity contribution in [1.82, 2.24) is 10.6 Å². The third kappa shape index (κ3) is 8.31. The fraction of sp³-hybridized carbons (Fsp3) is 1.00. The van der Waals surface area contributed by atoms with Crippen molar-refractivity contribution in [3.05, 3.63) is 0 Å². The Hall–Kier alpha value is 0.491. The van der Waals surface area contributed by atoms with Gasteiger partial charge in [0.2, 0.25) is 8.32 Å². The van der Waals surface area contributed by atoms with Crippen LogP contribution in [0.15, 0.2) is 0 Å². The van der Waals surface area contributed by atoms with Gasteiger partial charge < -0.3 is 19.5 Å². The molecule has 1 aliphatic rings. The van der Waals surface area contributed by atoms with Gasteiger partial charge in [-0.25, -0.2) is 0 Å². The van der Waals surface area contributed by atoms with Crippen LogP contribution in [0.25, 0.3) is 0 Å². The Labute approximate surface area is 204 Å². The molecule has 2 N–H and O–H groups in total. The third-order valence-corrected chi connectivity index (χ3v) is 20.9. The lowest BCUT2D eigenvalue weighted by atomic mass is 10.3. The van der Waals surface area contributed by atoms with Gasteiger partial charge in [0.1, 0.15) is 0 Å². The zero-order valence-electron chi connectivity index (χ0n) is 23.8. The number of rotatable bonds is 16. The summed E-state index contributed by atoms with van der Waals surface area (Å²) in [6.45, 7) is 30.7. The molecule has 0 aromatic heterocycles. The van der Waals surface area contributed by atoms with E-state index in [4.69, 9.17) is 8.85 Å². The summed E-state index contributed by atoms with van der Waals surface area (Å²) in [5.74, 6) is 0. The van der Waals surface area contributed by atoms with Crippen LogP contribution in [-0.2, 0) is 8.85 Å². The molecule has 1 aliphatic heterocycles. The molecule has 0 spiro atoms. The van der Waals surface area contributed by atoms with Gasteiger partial charge in [-0.3, -0.25) is 0 Å². The van der Waals surface area contributed by atoms with Crippen LogP contribution in [-0.4, -0.2) is 60.3 Å². The summed E-state index contributed by atoms with van der Waals surface area (Å²) >= 11 is 0. The van der Waals surface area contributed by atoms with Crippen molar-refractivity contribution < 1.29 is 8.85 Å². The maximum Gasteiger partial charge on any atom is 0.219 e. The van der Waals surface area contributed by atoms with E-state index in [0.29, 0.717) is 12.1 Å². The van der Waals surface area contributed by atoms with Crippen LogP contribution < -0.4 is 10.6 Å². The zero-order valence-corrected chi connectivity index (χ0v) is 26.8. The molecule has 7 heteroatoms. The second-order valence-electron chi connectivity index (χ2n) is 12.8. The lowest BCUT2D eigenvalue weighted by Gasteiger charge is -2.60. The molecule has 192 valence electrons. The zero-order chi connectivity index (χ0) is 24.8. The van der Waals surface area contributed by atoms with E-state index in [1.807, 2.05) is 0 Å². The first kappa shape index (κ1) is 30.5. The SMILES string of the molecule is CCC(C)(O[Si]1(C)CCC1(C)O[Si](C)(C)CCCNC(C)C)[Si](C)(C)CCCNC(C)C. The predicted molar refractivity (Wildman–Crippen MR) is 150 cm³/mol. The van der Waals surface area contributed by atoms with Crippen molar-refractivity contribution in [3.63, 3.8) is 0 Å². The molecule has 1 rings (SSSR count). The molecule has 0 aromatic carbocycles. The van der Waals surface area contributed by atoms with Crippen molar-refractivity contribution in [2.75, 3.05) is 13.1 Å². The van der Waals surface area contributed by atoms with Crippen molar-refractivity contribution in [2.24, 2.45) is 0 Å². The first-order chi connectivity index (χ1) is 14.5. The largest absolute Gasteiger partial charge is 0.412 e. The lowest BCUT2D eigenvalue weighted by Crippen LogP contribution is -2.73. The molecule has 3 unspecified atom stereocenters. The summed E-state index contributed by atoms with van der Waals surface area (Å²) in [5.41, 5.74) is 0. The van der Waals surface area contributed by atoms with Crippen molar-refractivity contribution in [3.8, 4) is 0 Å². The van der Waals surface area contributed by atoms with E-state index in [2.05, 4.69) is 91.8 Å². The standard InChI is InChI=1S/C25H58N2O2Si3/c1-13-24(6,30(8,9)19-14-17-26-22(2)3)29-32(12)21-16-25(32,7)28-31(10,11)20-15-18-27-23(4)5/h22-23,26-27H,13-21H2,1-12H3. The minimum atomic E-state index is -1.94. The Bertz CT molecular complexity index is 573. The summed E-state index contributed by atoms with van der Waals surface area (Å²) in [4.78, 5) is 0. The van der Waals surface area contributed by atoms with Crippen LogP contribution in [0.5, 0.6) is 0 Å². The van der Waals surface area contributed by atoms with Gasteiger partial charge in [-0.05, 0) is 84.3 Å². The van der Waals surface area contributed by atoms with E-state index < -0.39 is 24.7 Å². The Balaban J connectivity index is 2.80. The van der Waals surface area contributed by atoms with Gasteiger partial charge in [0.05, 0.1) is 13.3 Å². The van der Waals surface area contributed by atoms with Crippen molar-refractivity contribution >= 4 is 24.7 Å². The predicted octanol–water partition coefficient (Wildman–Crippen LogP) is 6.69. The van der Waals surface area contributed by atoms with Gasteiger partial charge in [-0.1, -0.05) is 53.8 Å². The molecule has 4 nitrogen and oxygen atoms in total. The average Bonchev–Trinajstić information content (AvgIpc) is 2.66. The monoisotopic (exact) mass is 502 g/mol. The molecular weight excluding hydrogens is 445 g/mol. The van der Waals surface area contributed by atoms with Crippen LogP contribution in [0.1, 0.15) is 74.1 Å². The molecule has 3 atom stereocenters. The highest BCUT2D eigenvalue weighted by molar-refractivity contribution is 6.84. The van der Waals surface area contributed by atoms with Crippen LogP contribution in [0.3, 0.4) is 0 Å². The minimum Gasteiger partial charge on any atom is -0.412 e. The number of hydrogen-bond acceptors (Lipinski definition) is 4. The Morgan fingerprint density at radius 2 is 1.47 bits per heavy atom. The highest BCUT2D eigenvalue weighted by atomic mass is 28.4. The molecule has 1 fully saturated rings. The van der Waals surface area contributed by atoms with Crippen LogP contribution in [0.4, 0.5) is 0 Å². The quantitative estimate of drug-likeness (QED) is 0.182. The van der Waals surface area contributed by atoms with E-state index in [0.717, 1.165) is 19.5 Å². The third-order valence-electron chi connectivity index (χ3n) is 8.30. The van der Waals surface area contributed by atoms with Crippen LogP contribution in [0, 0.1) is 0 Å². The lowest BCUT2D eigenvalue weighted by molar-refractivity contribution is 0.0449. The van der Waals surface area contributed by atoms with Crippen molar-refractivity contribution in [2.45, 2.75) is 148 Å². The summed E-state index contributed by atoms with van der Waals surface area (Å²) in [6.07, 6.45) is 4.76. The molecule has 0 aromatic rings. The number of nitrogens with one attached hydrogen (secondary N) is 2. The van der Waals surface area contributed by atoms with Crippen LogP contribution in [0.2, 0.25) is 50.9 Å². The molecule has 32 heavy (non-hydrogen) atoms. The normalized spacial score (nSPS) is 26.4. The van der Waals surface area contributed by atoms with Gasteiger partial charge in [-0.2, -0.15) is 0 Å².